The fraction of sp³-hybridized carbons (Fsp3) is 0.857. The van der Waals surface area contributed by atoms with Crippen LogP contribution in [0.5, 0.6) is 0 Å². The van der Waals surface area contributed by atoms with Crippen molar-refractivity contribution in [3.63, 3.8) is 0 Å². The molecule has 0 bridgehead atoms. The molecule has 0 fully saturated rings. The minimum absolute atomic E-state index is 0.184. The monoisotopic (exact) mass is 369 g/mol. The molecular formula is C21H41N2O3. The highest BCUT2D eigenvalue weighted by Gasteiger charge is 2.32. The molecule has 0 saturated carbocycles. The van der Waals surface area contributed by atoms with Gasteiger partial charge in [0.1, 0.15) is 6.04 Å². The molecule has 0 saturated heterocycles. The summed E-state index contributed by atoms with van der Waals surface area (Å²) in [6.45, 7) is 13.3. The van der Waals surface area contributed by atoms with E-state index in [1.54, 1.807) is 6.54 Å². The molecule has 0 unspecified atom stereocenters. The summed E-state index contributed by atoms with van der Waals surface area (Å²) in [6, 6.07) is -0.935. The normalized spacial score (nSPS) is 14.2. The van der Waals surface area contributed by atoms with Gasteiger partial charge in [-0.25, -0.2) is 0 Å². The number of rotatable bonds is 14. The number of hydrogen-bond acceptors (Lipinski definition) is 3. The lowest BCUT2D eigenvalue weighted by Gasteiger charge is -2.28. The van der Waals surface area contributed by atoms with Gasteiger partial charge in [-0.05, 0) is 25.7 Å². The second kappa shape index (κ2) is 13.1. The lowest BCUT2D eigenvalue weighted by molar-refractivity contribution is -0.136. The van der Waals surface area contributed by atoms with E-state index in [4.69, 9.17) is 0 Å². The molecule has 2 amide bonds. The third-order valence-corrected chi connectivity index (χ3v) is 4.66. The maximum atomic E-state index is 12.6. The molecule has 153 valence electrons. The van der Waals surface area contributed by atoms with Gasteiger partial charge in [-0.3, -0.25) is 9.59 Å². The van der Waals surface area contributed by atoms with Crippen molar-refractivity contribution in [2.75, 3.05) is 0 Å². The van der Waals surface area contributed by atoms with Gasteiger partial charge in [-0.2, -0.15) is 0 Å². The maximum absolute atomic E-state index is 12.6. The predicted octanol–water partition coefficient (Wildman–Crippen LogP) is 3.95. The first-order chi connectivity index (χ1) is 12.1. The molecule has 0 aromatic heterocycles. The largest absolute Gasteiger partial charge is 0.391 e. The highest BCUT2D eigenvalue weighted by atomic mass is 16.3. The first kappa shape index (κ1) is 24.9. The van der Waals surface area contributed by atoms with Crippen molar-refractivity contribution >= 4 is 11.8 Å². The van der Waals surface area contributed by atoms with Crippen molar-refractivity contribution in [2.24, 2.45) is 11.3 Å². The van der Waals surface area contributed by atoms with Gasteiger partial charge in [0.15, 0.2) is 0 Å². The second-order valence-electron chi connectivity index (χ2n) is 8.44. The number of aliphatic hydroxyl groups is 1. The first-order valence-electron chi connectivity index (χ1n) is 10.2. The van der Waals surface area contributed by atoms with E-state index in [1.165, 1.54) is 32.6 Å². The van der Waals surface area contributed by atoms with Crippen LogP contribution >= 0.6 is 0 Å². The summed E-state index contributed by atoms with van der Waals surface area (Å²) in [6.07, 6.45) is 7.65. The van der Waals surface area contributed by atoms with Gasteiger partial charge >= 0.3 is 0 Å². The van der Waals surface area contributed by atoms with E-state index >= 15 is 0 Å². The molecule has 0 rings (SSSR count). The van der Waals surface area contributed by atoms with E-state index in [0.717, 1.165) is 25.7 Å². The van der Waals surface area contributed by atoms with Crippen molar-refractivity contribution in [1.29, 1.82) is 0 Å². The van der Waals surface area contributed by atoms with Crippen LogP contribution in [0, 0.1) is 17.9 Å². The minimum atomic E-state index is -0.948. The molecule has 5 heteroatoms. The van der Waals surface area contributed by atoms with Gasteiger partial charge in [0.25, 0.3) is 0 Å². The molecule has 0 heterocycles. The predicted molar refractivity (Wildman–Crippen MR) is 107 cm³/mol. The minimum Gasteiger partial charge on any atom is -0.391 e. The fourth-order valence-corrected chi connectivity index (χ4v) is 2.69. The summed E-state index contributed by atoms with van der Waals surface area (Å²) in [7, 11) is 0. The summed E-state index contributed by atoms with van der Waals surface area (Å²) in [5.74, 6) is -0.119. The van der Waals surface area contributed by atoms with Gasteiger partial charge in [-0.15, -0.1) is 0 Å². The van der Waals surface area contributed by atoms with Crippen LogP contribution in [0.4, 0.5) is 0 Å². The molecule has 0 aromatic carbocycles. The Morgan fingerprint density at radius 2 is 1.62 bits per heavy atom. The molecule has 1 radical (unpaired) electrons. The zero-order chi connectivity index (χ0) is 20.2. The summed E-state index contributed by atoms with van der Waals surface area (Å²) in [5.41, 5.74) is -0.556. The van der Waals surface area contributed by atoms with Crippen molar-refractivity contribution in [3.8, 4) is 0 Å². The summed E-state index contributed by atoms with van der Waals surface area (Å²) in [4.78, 5) is 24.9. The van der Waals surface area contributed by atoms with E-state index < -0.39 is 17.6 Å². The lowest BCUT2D eigenvalue weighted by atomic mass is 9.85. The maximum Gasteiger partial charge on any atom is 0.245 e. The van der Waals surface area contributed by atoms with Gasteiger partial charge < -0.3 is 15.7 Å². The van der Waals surface area contributed by atoms with Crippen molar-refractivity contribution in [1.82, 2.24) is 10.6 Å². The van der Waals surface area contributed by atoms with E-state index in [0.29, 0.717) is 5.92 Å². The number of carbonyl (C=O) groups is 2. The highest BCUT2D eigenvalue weighted by molar-refractivity contribution is 5.90. The van der Waals surface area contributed by atoms with E-state index in [9.17, 15) is 14.7 Å². The number of aliphatic hydroxyl groups excluding tert-OH is 1. The molecule has 0 spiro atoms. The Kier molecular flexibility index (Phi) is 12.6. The Morgan fingerprint density at radius 1 is 1.04 bits per heavy atom. The van der Waals surface area contributed by atoms with Crippen LogP contribution in [0.25, 0.3) is 0 Å². The van der Waals surface area contributed by atoms with E-state index in [-0.39, 0.29) is 11.8 Å². The smallest absolute Gasteiger partial charge is 0.245 e. The molecule has 0 aliphatic rings. The summed E-state index contributed by atoms with van der Waals surface area (Å²) in [5, 5.41) is 15.3. The van der Waals surface area contributed by atoms with Crippen molar-refractivity contribution < 1.29 is 14.7 Å². The van der Waals surface area contributed by atoms with Gasteiger partial charge in [0, 0.05) is 12.0 Å². The Balaban J connectivity index is 4.46. The standard InChI is InChI=1S/C21H41N2O3/c1-7-8-9-10-11-12-14-21(5,6)20(26)23-18(17(4)24)19(25)22-15-13-16(2)3/h15-18,24H,7-14H2,1-6H3,(H,22,25)(H,23,26)/t17-,18+/m1/s1. The number of amides is 2. The Labute approximate surface area is 160 Å². The topological polar surface area (TPSA) is 78.4 Å². The number of hydrogen-bond donors (Lipinski definition) is 3. The lowest BCUT2D eigenvalue weighted by Crippen LogP contribution is -2.54. The summed E-state index contributed by atoms with van der Waals surface area (Å²) >= 11 is 0. The van der Waals surface area contributed by atoms with E-state index in [1.807, 2.05) is 13.8 Å². The first-order valence-corrected chi connectivity index (χ1v) is 10.2. The van der Waals surface area contributed by atoms with Crippen LogP contribution in [-0.2, 0) is 9.59 Å². The SMILES string of the molecule is CCCCCCCCC(C)(C)C(=O)N[C@H](C(=O)N[CH]CC(C)C)[C@@H](C)O. The highest BCUT2D eigenvalue weighted by Crippen LogP contribution is 2.25. The third-order valence-electron chi connectivity index (χ3n) is 4.66. The van der Waals surface area contributed by atoms with Crippen LogP contribution in [0.3, 0.4) is 0 Å². The number of nitrogens with one attached hydrogen (secondary N) is 2. The van der Waals surface area contributed by atoms with Crippen LogP contribution in [0.1, 0.15) is 92.9 Å². The molecular weight excluding hydrogens is 328 g/mol. The van der Waals surface area contributed by atoms with Gasteiger partial charge in [0.2, 0.25) is 11.8 Å². The molecule has 3 N–H and O–H groups in total. The number of carbonyl (C=O) groups excluding carboxylic acids is 2. The van der Waals surface area contributed by atoms with Crippen LogP contribution in [0.2, 0.25) is 0 Å². The second-order valence-corrected chi connectivity index (χ2v) is 8.44. The Morgan fingerprint density at radius 3 is 2.15 bits per heavy atom. The third kappa shape index (κ3) is 10.8. The Hall–Kier alpha value is -1.10. The van der Waals surface area contributed by atoms with Crippen molar-refractivity contribution in [2.45, 2.75) is 105 Å². The Bertz CT molecular complexity index is 406. The molecule has 0 aliphatic heterocycles. The molecule has 0 aliphatic carbocycles. The van der Waals surface area contributed by atoms with Crippen molar-refractivity contribution in [3.05, 3.63) is 6.54 Å². The molecule has 0 aromatic rings. The summed E-state index contributed by atoms with van der Waals surface area (Å²) < 4.78 is 0. The van der Waals surface area contributed by atoms with Gasteiger partial charge in [0.05, 0.1) is 6.10 Å². The van der Waals surface area contributed by atoms with Crippen LogP contribution in [-0.4, -0.2) is 29.1 Å². The van der Waals surface area contributed by atoms with E-state index in [2.05, 4.69) is 31.4 Å². The molecule has 5 nitrogen and oxygen atoms in total. The quantitative estimate of drug-likeness (QED) is 0.406. The molecule has 2 atom stereocenters. The number of unbranched alkanes of at least 4 members (excludes halogenated alkanes) is 5. The van der Waals surface area contributed by atoms with Crippen LogP contribution in [0.15, 0.2) is 0 Å². The zero-order valence-corrected chi connectivity index (χ0v) is 17.7. The zero-order valence-electron chi connectivity index (χ0n) is 17.7. The fourth-order valence-electron chi connectivity index (χ4n) is 2.69. The average Bonchev–Trinajstić information content (AvgIpc) is 2.54. The van der Waals surface area contributed by atoms with Gasteiger partial charge in [-0.1, -0.05) is 73.1 Å². The molecule has 26 heavy (non-hydrogen) atoms. The van der Waals surface area contributed by atoms with Crippen LogP contribution < -0.4 is 10.6 Å². The average molecular weight is 370 g/mol.